The van der Waals surface area contributed by atoms with Gasteiger partial charge >= 0.3 is 0 Å². The van der Waals surface area contributed by atoms with Crippen molar-refractivity contribution in [2.24, 2.45) is 5.92 Å². The molecule has 25 heavy (non-hydrogen) atoms. The van der Waals surface area contributed by atoms with Crippen molar-refractivity contribution in [3.63, 3.8) is 0 Å². The van der Waals surface area contributed by atoms with E-state index in [0.29, 0.717) is 43.9 Å². The van der Waals surface area contributed by atoms with E-state index in [4.69, 9.17) is 4.52 Å². The monoisotopic (exact) mass is 341 g/mol. The lowest BCUT2D eigenvalue weighted by Crippen LogP contribution is -2.41. The Hall–Kier alpha value is -2.63. The first-order valence-corrected chi connectivity index (χ1v) is 8.67. The summed E-state index contributed by atoms with van der Waals surface area (Å²) >= 11 is 0. The summed E-state index contributed by atoms with van der Waals surface area (Å²) in [6.45, 7) is 3.04. The minimum Gasteiger partial charge on any atom is -0.360 e. The van der Waals surface area contributed by atoms with E-state index >= 15 is 0 Å². The molecule has 6 heteroatoms. The Morgan fingerprint density at radius 3 is 2.60 bits per heavy atom. The number of hydrogen-bond donors (Lipinski definition) is 1. The van der Waals surface area contributed by atoms with Gasteiger partial charge in [-0.2, -0.15) is 0 Å². The van der Waals surface area contributed by atoms with Gasteiger partial charge in [0.05, 0.1) is 0 Å². The molecule has 1 N–H and O–H groups in total. The molecule has 0 aliphatic carbocycles. The van der Waals surface area contributed by atoms with Crippen LogP contribution in [0.15, 0.2) is 40.9 Å². The summed E-state index contributed by atoms with van der Waals surface area (Å²) in [6.07, 6.45) is 2.63. The minimum atomic E-state index is -0.0878. The highest BCUT2D eigenvalue weighted by atomic mass is 16.5. The van der Waals surface area contributed by atoms with Crippen molar-refractivity contribution in [2.75, 3.05) is 18.4 Å². The van der Waals surface area contributed by atoms with Gasteiger partial charge in [0, 0.05) is 31.5 Å². The average molecular weight is 341 g/mol. The van der Waals surface area contributed by atoms with Crippen LogP contribution < -0.4 is 5.32 Å². The highest BCUT2D eigenvalue weighted by Crippen LogP contribution is 2.20. The van der Waals surface area contributed by atoms with Gasteiger partial charge in [-0.15, -0.1) is 0 Å². The van der Waals surface area contributed by atoms with Gasteiger partial charge in [0.25, 0.3) is 0 Å². The zero-order valence-electron chi connectivity index (χ0n) is 14.4. The van der Waals surface area contributed by atoms with Crippen LogP contribution in [-0.4, -0.2) is 35.0 Å². The third-order valence-corrected chi connectivity index (χ3v) is 4.57. The topological polar surface area (TPSA) is 75.4 Å². The molecule has 1 aromatic carbocycles. The predicted molar refractivity (Wildman–Crippen MR) is 93.9 cm³/mol. The summed E-state index contributed by atoms with van der Waals surface area (Å²) in [5.74, 6) is 1.13. The molecule has 0 saturated carbocycles. The number of hydrogen-bond acceptors (Lipinski definition) is 4. The first-order valence-electron chi connectivity index (χ1n) is 8.67. The van der Waals surface area contributed by atoms with Crippen LogP contribution in [0.25, 0.3) is 0 Å². The van der Waals surface area contributed by atoms with Crippen molar-refractivity contribution in [1.29, 1.82) is 0 Å². The van der Waals surface area contributed by atoms with E-state index in [9.17, 15) is 9.59 Å². The minimum absolute atomic E-state index is 0.0512. The Balaban J connectivity index is 1.43. The molecule has 0 bridgehead atoms. The van der Waals surface area contributed by atoms with E-state index in [1.54, 1.807) is 13.0 Å². The number of piperidine rings is 1. The van der Waals surface area contributed by atoms with Crippen LogP contribution in [0.4, 0.5) is 5.82 Å². The summed E-state index contributed by atoms with van der Waals surface area (Å²) in [4.78, 5) is 26.5. The zero-order chi connectivity index (χ0) is 17.6. The maximum atomic E-state index is 12.3. The van der Waals surface area contributed by atoms with Crippen LogP contribution in [0.1, 0.15) is 30.6 Å². The van der Waals surface area contributed by atoms with Crippen molar-refractivity contribution in [3.05, 3.63) is 47.7 Å². The fourth-order valence-corrected chi connectivity index (χ4v) is 3.10. The summed E-state index contributed by atoms with van der Waals surface area (Å²) in [6, 6.07) is 11.7. The SMILES string of the molecule is Cc1cc(NC(=O)C2CCN(C(=O)CCc3ccccc3)CC2)no1. The number of amides is 2. The number of aromatic nitrogens is 1. The molecular formula is C19H23N3O3. The second-order valence-electron chi connectivity index (χ2n) is 6.45. The maximum Gasteiger partial charge on any atom is 0.228 e. The Bertz CT molecular complexity index is 719. The summed E-state index contributed by atoms with van der Waals surface area (Å²) in [7, 11) is 0. The van der Waals surface area contributed by atoms with Crippen LogP contribution >= 0.6 is 0 Å². The molecule has 1 aromatic heterocycles. The molecule has 1 fully saturated rings. The molecule has 1 saturated heterocycles. The van der Waals surface area contributed by atoms with E-state index in [1.165, 1.54) is 5.56 Å². The quantitative estimate of drug-likeness (QED) is 0.907. The van der Waals surface area contributed by atoms with Gasteiger partial charge in [-0.3, -0.25) is 9.59 Å². The lowest BCUT2D eigenvalue weighted by molar-refractivity contribution is -0.134. The van der Waals surface area contributed by atoms with Crippen molar-refractivity contribution in [1.82, 2.24) is 10.1 Å². The maximum absolute atomic E-state index is 12.3. The highest BCUT2D eigenvalue weighted by Gasteiger charge is 2.27. The number of carbonyl (C=O) groups excluding carboxylic acids is 2. The van der Waals surface area contributed by atoms with Crippen LogP contribution in [0.2, 0.25) is 0 Å². The van der Waals surface area contributed by atoms with Crippen molar-refractivity contribution < 1.29 is 14.1 Å². The average Bonchev–Trinajstić information content (AvgIpc) is 3.05. The largest absolute Gasteiger partial charge is 0.360 e. The lowest BCUT2D eigenvalue weighted by Gasteiger charge is -2.31. The zero-order valence-corrected chi connectivity index (χ0v) is 14.4. The summed E-state index contributed by atoms with van der Waals surface area (Å²) in [5, 5.41) is 6.55. The van der Waals surface area contributed by atoms with Crippen molar-refractivity contribution in [2.45, 2.75) is 32.6 Å². The molecule has 2 heterocycles. The number of aryl methyl sites for hydroxylation is 2. The number of nitrogens with one attached hydrogen (secondary N) is 1. The summed E-state index contributed by atoms with van der Waals surface area (Å²) < 4.78 is 4.95. The Morgan fingerprint density at radius 1 is 1.24 bits per heavy atom. The van der Waals surface area contributed by atoms with Crippen LogP contribution in [0.3, 0.4) is 0 Å². The molecule has 0 atom stereocenters. The van der Waals surface area contributed by atoms with E-state index in [-0.39, 0.29) is 17.7 Å². The fourth-order valence-electron chi connectivity index (χ4n) is 3.10. The number of carbonyl (C=O) groups is 2. The van der Waals surface area contributed by atoms with Gasteiger partial charge in [-0.05, 0) is 31.7 Å². The van der Waals surface area contributed by atoms with Gasteiger partial charge in [0.1, 0.15) is 5.76 Å². The molecule has 132 valence electrons. The van der Waals surface area contributed by atoms with Crippen LogP contribution in [-0.2, 0) is 16.0 Å². The molecule has 2 aromatic rings. The smallest absolute Gasteiger partial charge is 0.228 e. The third kappa shape index (κ3) is 4.68. The van der Waals surface area contributed by atoms with Crippen molar-refractivity contribution >= 4 is 17.6 Å². The second-order valence-corrected chi connectivity index (χ2v) is 6.45. The van der Waals surface area contributed by atoms with Gasteiger partial charge < -0.3 is 14.7 Å². The molecular weight excluding hydrogens is 318 g/mol. The molecule has 0 unspecified atom stereocenters. The van der Waals surface area contributed by atoms with E-state index in [1.807, 2.05) is 35.2 Å². The fraction of sp³-hybridized carbons (Fsp3) is 0.421. The van der Waals surface area contributed by atoms with Crippen LogP contribution in [0.5, 0.6) is 0 Å². The molecule has 6 nitrogen and oxygen atoms in total. The van der Waals surface area contributed by atoms with Gasteiger partial charge in [-0.25, -0.2) is 0 Å². The second kappa shape index (κ2) is 7.96. The number of benzene rings is 1. The van der Waals surface area contributed by atoms with Gasteiger partial charge in [0.15, 0.2) is 5.82 Å². The first-order chi connectivity index (χ1) is 12.1. The molecule has 2 amide bonds. The van der Waals surface area contributed by atoms with E-state index < -0.39 is 0 Å². The molecule has 1 aliphatic rings. The molecule has 1 aliphatic heterocycles. The first kappa shape index (κ1) is 17.2. The normalized spacial score (nSPS) is 15.2. The molecule has 0 spiro atoms. The number of anilines is 1. The number of rotatable bonds is 5. The molecule has 0 radical (unpaired) electrons. The van der Waals surface area contributed by atoms with Crippen molar-refractivity contribution in [3.8, 4) is 0 Å². The van der Waals surface area contributed by atoms with Gasteiger partial charge in [0.2, 0.25) is 11.8 Å². The predicted octanol–water partition coefficient (Wildman–Crippen LogP) is 2.79. The summed E-state index contributed by atoms with van der Waals surface area (Å²) in [5.41, 5.74) is 1.17. The third-order valence-electron chi connectivity index (χ3n) is 4.57. The molecule has 3 rings (SSSR count). The number of nitrogens with zero attached hydrogens (tertiary/aromatic N) is 2. The van der Waals surface area contributed by atoms with Crippen LogP contribution in [0, 0.1) is 12.8 Å². The Kier molecular flexibility index (Phi) is 5.48. The standard InChI is InChI=1S/C19H23N3O3/c1-14-13-17(21-25-14)20-19(24)16-9-11-22(12-10-16)18(23)8-7-15-5-3-2-4-6-15/h2-6,13,16H,7-12H2,1H3,(H,20,21,24). The Morgan fingerprint density at radius 2 is 1.96 bits per heavy atom. The highest BCUT2D eigenvalue weighted by molar-refractivity contribution is 5.91. The van der Waals surface area contributed by atoms with Gasteiger partial charge in [-0.1, -0.05) is 35.5 Å². The Labute approximate surface area is 147 Å². The lowest BCUT2D eigenvalue weighted by atomic mass is 9.95. The van der Waals surface area contributed by atoms with E-state index in [0.717, 1.165) is 6.42 Å². The number of likely N-dealkylation sites (tertiary alicyclic amines) is 1. The van der Waals surface area contributed by atoms with E-state index in [2.05, 4.69) is 10.5 Å².